The Morgan fingerprint density at radius 2 is 1.85 bits per heavy atom. The summed E-state index contributed by atoms with van der Waals surface area (Å²) in [5.41, 5.74) is 0.230. The van der Waals surface area contributed by atoms with Crippen LogP contribution in [0.15, 0.2) is 36.4 Å². The number of phenolic OH excluding ortho intramolecular Hbond substituents is 2. The smallest absolute Gasteiger partial charge is 0.526 e. The van der Waals surface area contributed by atoms with Crippen LogP contribution in [0, 0.1) is 5.41 Å². The Bertz CT molecular complexity index is 1090. The molecule has 1 heterocycles. The van der Waals surface area contributed by atoms with E-state index in [1.807, 2.05) is 0 Å². The highest BCUT2D eigenvalue weighted by atomic mass is 16.7. The molecular formula is C24H27BO9. The van der Waals surface area contributed by atoms with Crippen LogP contribution in [-0.4, -0.2) is 46.9 Å². The molecule has 1 aliphatic rings. The molecular weight excluding hydrogens is 443 g/mol. The summed E-state index contributed by atoms with van der Waals surface area (Å²) < 4.78 is 15.6. The van der Waals surface area contributed by atoms with Crippen LogP contribution >= 0.6 is 0 Å². The molecule has 0 bridgehead atoms. The first kappa shape index (κ1) is 25.1. The van der Waals surface area contributed by atoms with Crippen LogP contribution in [-0.2, 0) is 31.9 Å². The maximum absolute atomic E-state index is 12.5. The van der Waals surface area contributed by atoms with Gasteiger partial charge in [0.25, 0.3) is 0 Å². The van der Waals surface area contributed by atoms with Crippen molar-refractivity contribution < 1.29 is 43.7 Å². The Hall–Kier alpha value is -3.53. The number of hydrogen-bond donors (Lipinski definition) is 3. The number of rotatable bonds is 7. The minimum absolute atomic E-state index is 0.0346. The highest BCUT2D eigenvalue weighted by Gasteiger charge is 2.38. The van der Waals surface area contributed by atoms with E-state index in [0.29, 0.717) is 5.56 Å². The van der Waals surface area contributed by atoms with Crippen molar-refractivity contribution in [2.75, 3.05) is 6.79 Å². The minimum Gasteiger partial charge on any atom is -0.535 e. The number of aromatic hydroxyl groups is 2. The molecule has 0 aromatic heterocycles. The molecule has 34 heavy (non-hydrogen) atoms. The number of Topliss-reactive ketones (excluding diaryl/α,β-unsaturated/α-hetero) is 1. The Balaban J connectivity index is 1.64. The van der Waals surface area contributed by atoms with Crippen molar-refractivity contribution in [3.05, 3.63) is 53.1 Å². The van der Waals surface area contributed by atoms with Gasteiger partial charge in [-0.25, -0.2) is 4.79 Å². The lowest BCUT2D eigenvalue weighted by Crippen LogP contribution is -2.36. The Kier molecular flexibility index (Phi) is 7.51. The van der Waals surface area contributed by atoms with Crippen molar-refractivity contribution in [2.45, 2.75) is 45.9 Å². The summed E-state index contributed by atoms with van der Waals surface area (Å²) in [6.07, 6.45) is 0.123. The molecule has 10 heteroatoms. The number of esters is 2. The molecule has 3 N–H and O–H groups in total. The summed E-state index contributed by atoms with van der Waals surface area (Å²) >= 11 is 0. The predicted molar refractivity (Wildman–Crippen MR) is 121 cm³/mol. The van der Waals surface area contributed by atoms with Gasteiger partial charge < -0.3 is 29.4 Å². The molecule has 0 aliphatic carbocycles. The van der Waals surface area contributed by atoms with E-state index in [-0.39, 0.29) is 53.4 Å². The Morgan fingerprint density at radius 1 is 1.12 bits per heavy atom. The normalized spacial score (nSPS) is 15.2. The molecule has 0 spiro atoms. The number of para-hydroxylation sites is 1. The Morgan fingerprint density at radius 3 is 2.56 bits per heavy atom. The topological polar surface area (TPSA) is 140 Å². The Labute approximate surface area is 197 Å². The fraction of sp³-hybridized carbons (Fsp3) is 0.375. The van der Waals surface area contributed by atoms with Gasteiger partial charge in [-0.3, -0.25) is 9.59 Å². The van der Waals surface area contributed by atoms with Crippen LogP contribution in [0.4, 0.5) is 0 Å². The summed E-state index contributed by atoms with van der Waals surface area (Å²) in [5.74, 6) is -2.15. The van der Waals surface area contributed by atoms with Crippen molar-refractivity contribution in [3.8, 4) is 17.2 Å². The molecule has 0 unspecified atom stereocenters. The maximum atomic E-state index is 12.5. The van der Waals surface area contributed by atoms with E-state index in [1.165, 1.54) is 24.3 Å². The van der Waals surface area contributed by atoms with Gasteiger partial charge in [0.1, 0.15) is 28.6 Å². The SMILES string of the molecule is CC(C)(C)C(=O)OCOC(=O)c1cccc2c1OB(O)[C@@H](CC(=O)Cc1cc(O)ccc1O)C2. The van der Waals surface area contributed by atoms with Crippen LogP contribution in [0.2, 0.25) is 5.82 Å². The number of carbonyl (C=O) groups excluding carboxylic acids is 3. The summed E-state index contributed by atoms with van der Waals surface area (Å²) in [6, 6.07) is 8.74. The lowest BCUT2D eigenvalue weighted by Gasteiger charge is -2.28. The molecule has 0 saturated heterocycles. The molecule has 180 valence electrons. The maximum Gasteiger partial charge on any atom is 0.526 e. The van der Waals surface area contributed by atoms with Crippen LogP contribution in [0.3, 0.4) is 0 Å². The summed E-state index contributed by atoms with van der Waals surface area (Å²) in [7, 11) is -1.35. The second kappa shape index (κ2) is 10.2. The van der Waals surface area contributed by atoms with Gasteiger partial charge in [-0.1, -0.05) is 12.1 Å². The zero-order valence-corrected chi connectivity index (χ0v) is 19.2. The quantitative estimate of drug-likeness (QED) is 0.241. The van der Waals surface area contributed by atoms with Crippen molar-refractivity contribution in [2.24, 2.45) is 5.41 Å². The zero-order valence-electron chi connectivity index (χ0n) is 19.2. The number of hydrogen-bond acceptors (Lipinski definition) is 9. The van der Waals surface area contributed by atoms with Crippen molar-refractivity contribution in [3.63, 3.8) is 0 Å². The van der Waals surface area contributed by atoms with Crippen molar-refractivity contribution in [1.29, 1.82) is 0 Å². The van der Waals surface area contributed by atoms with Crippen LogP contribution in [0.1, 0.15) is 48.7 Å². The van der Waals surface area contributed by atoms with Gasteiger partial charge >= 0.3 is 19.1 Å². The summed E-state index contributed by atoms with van der Waals surface area (Å²) in [5, 5.41) is 29.9. The monoisotopic (exact) mass is 470 g/mol. The second-order valence-corrected chi connectivity index (χ2v) is 9.23. The lowest BCUT2D eigenvalue weighted by atomic mass is 9.64. The van der Waals surface area contributed by atoms with E-state index in [2.05, 4.69) is 0 Å². The number of phenols is 2. The average molecular weight is 470 g/mol. The number of carbonyl (C=O) groups is 3. The van der Waals surface area contributed by atoms with E-state index in [9.17, 15) is 29.6 Å². The molecule has 2 aromatic rings. The number of fused-ring (bicyclic) bond motifs is 1. The molecule has 1 aliphatic heterocycles. The largest absolute Gasteiger partial charge is 0.535 e. The van der Waals surface area contributed by atoms with Gasteiger partial charge in [0.2, 0.25) is 6.79 Å². The van der Waals surface area contributed by atoms with E-state index < -0.39 is 37.1 Å². The zero-order chi connectivity index (χ0) is 25.0. The lowest BCUT2D eigenvalue weighted by molar-refractivity contribution is -0.161. The fourth-order valence-corrected chi connectivity index (χ4v) is 3.54. The van der Waals surface area contributed by atoms with Gasteiger partial charge in [-0.2, -0.15) is 0 Å². The van der Waals surface area contributed by atoms with E-state index in [0.717, 1.165) is 0 Å². The van der Waals surface area contributed by atoms with Gasteiger partial charge in [-0.05, 0) is 57.0 Å². The van der Waals surface area contributed by atoms with E-state index >= 15 is 0 Å². The molecule has 1 atom stereocenters. The highest BCUT2D eigenvalue weighted by Crippen LogP contribution is 2.37. The molecule has 3 rings (SSSR count). The molecule has 2 aromatic carbocycles. The molecule has 0 fully saturated rings. The van der Waals surface area contributed by atoms with Crippen LogP contribution in [0.25, 0.3) is 0 Å². The van der Waals surface area contributed by atoms with Crippen LogP contribution in [0.5, 0.6) is 17.2 Å². The molecule has 0 saturated carbocycles. The van der Waals surface area contributed by atoms with Gasteiger partial charge in [0.15, 0.2) is 0 Å². The first-order valence-electron chi connectivity index (χ1n) is 10.8. The fourth-order valence-electron chi connectivity index (χ4n) is 3.54. The van der Waals surface area contributed by atoms with Crippen molar-refractivity contribution >= 4 is 24.8 Å². The summed E-state index contributed by atoms with van der Waals surface area (Å²) in [4.78, 5) is 36.9. The third-order valence-corrected chi connectivity index (χ3v) is 5.37. The molecule has 9 nitrogen and oxygen atoms in total. The second-order valence-electron chi connectivity index (χ2n) is 9.23. The molecule has 0 amide bonds. The highest BCUT2D eigenvalue weighted by molar-refractivity contribution is 6.47. The first-order chi connectivity index (χ1) is 16.0. The van der Waals surface area contributed by atoms with E-state index in [4.69, 9.17) is 14.1 Å². The minimum atomic E-state index is -1.35. The molecule has 0 radical (unpaired) electrons. The van der Waals surface area contributed by atoms with Gasteiger partial charge in [0.05, 0.1) is 5.41 Å². The first-order valence-corrected chi connectivity index (χ1v) is 10.8. The number of ketones is 1. The standard InChI is InChI=1S/C24H27BO9/c1-24(2,3)23(30)33-13-32-22(29)19-6-4-5-14-9-16(25(31)34-21(14)19)12-18(27)11-15-10-17(26)7-8-20(15)28/h4-8,10,16,26,28,31H,9,11-13H2,1-3H3/t16-/m1/s1. The summed E-state index contributed by atoms with van der Waals surface area (Å²) in [6.45, 7) is 4.47. The van der Waals surface area contributed by atoms with Crippen molar-refractivity contribution in [1.82, 2.24) is 0 Å². The predicted octanol–water partition coefficient (Wildman–Crippen LogP) is 2.79. The number of ether oxygens (including phenoxy) is 2. The van der Waals surface area contributed by atoms with Gasteiger partial charge in [0, 0.05) is 24.2 Å². The van der Waals surface area contributed by atoms with Gasteiger partial charge in [-0.15, -0.1) is 0 Å². The number of benzene rings is 2. The third-order valence-electron chi connectivity index (χ3n) is 5.37. The van der Waals surface area contributed by atoms with E-state index in [1.54, 1.807) is 32.9 Å². The average Bonchev–Trinajstić information content (AvgIpc) is 2.75. The van der Waals surface area contributed by atoms with Crippen LogP contribution < -0.4 is 4.65 Å². The third kappa shape index (κ3) is 6.08.